The third-order valence-electron chi connectivity index (χ3n) is 1.90. The molecule has 1 N–H and O–H groups in total. The molecule has 0 bridgehead atoms. The molecular formula is C9H6Br3N. The lowest BCUT2D eigenvalue weighted by atomic mass is 10.1. The van der Waals surface area contributed by atoms with E-state index in [1.165, 1.54) is 5.39 Å². The molecule has 68 valence electrons. The summed E-state index contributed by atoms with van der Waals surface area (Å²) in [5, 5.41) is 1.20. The summed E-state index contributed by atoms with van der Waals surface area (Å²) in [7, 11) is 0. The first-order chi connectivity index (χ1) is 6.09. The van der Waals surface area contributed by atoms with Crippen molar-refractivity contribution in [2.45, 2.75) is 2.14 Å². The Balaban J connectivity index is 2.75. The summed E-state index contributed by atoms with van der Waals surface area (Å²) in [6, 6.07) is 8.20. The minimum Gasteiger partial charge on any atom is -0.361 e. The fraction of sp³-hybridized carbons (Fsp3) is 0.111. The van der Waals surface area contributed by atoms with Gasteiger partial charge >= 0.3 is 0 Å². The standard InChI is InChI=1S/C9H6Br3N/c10-9(11,12)7-2-1-3-8-6(7)4-5-13-8/h1-5,13H. The van der Waals surface area contributed by atoms with Crippen LogP contribution in [0.25, 0.3) is 10.9 Å². The van der Waals surface area contributed by atoms with Gasteiger partial charge < -0.3 is 4.98 Å². The van der Waals surface area contributed by atoms with Crippen molar-refractivity contribution in [2.75, 3.05) is 0 Å². The summed E-state index contributed by atoms with van der Waals surface area (Å²) in [5.41, 5.74) is 2.30. The monoisotopic (exact) mass is 365 g/mol. The number of fused-ring (bicyclic) bond motifs is 1. The second-order valence-corrected chi connectivity index (χ2v) is 9.50. The van der Waals surface area contributed by atoms with Crippen molar-refractivity contribution in [3.8, 4) is 0 Å². The third-order valence-corrected chi connectivity index (χ3v) is 3.18. The summed E-state index contributed by atoms with van der Waals surface area (Å²) in [6.45, 7) is 0. The van der Waals surface area contributed by atoms with Crippen molar-refractivity contribution in [1.29, 1.82) is 0 Å². The van der Waals surface area contributed by atoms with Crippen LogP contribution >= 0.6 is 47.8 Å². The summed E-state index contributed by atoms with van der Waals surface area (Å²) in [5.74, 6) is 0. The maximum Gasteiger partial charge on any atom is 0.160 e. The van der Waals surface area contributed by atoms with E-state index in [0.29, 0.717) is 0 Å². The van der Waals surface area contributed by atoms with E-state index in [2.05, 4.69) is 71.0 Å². The number of aromatic nitrogens is 1. The van der Waals surface area contributed by atoms with Gasteiger partial charge in [0.2, 0.25) is 0 Å². The molecule has 0 spiro atoms. The summed E-state index contributed by atoms with van der Waals surface area (Å²) in [6.07, 6.45) is 1.94. The van der Waals surface area contributed by atoms with Gasteiger partial charge in [-0.05, 0) is 17.7 Å². The highest BCUT2D eigenvalue weighted by Gasteiger charge is 2.22. The molecule has 0 amide bonds. The van der Waals surface area contributed by atoms with Gasteiger partial charge in [-0.3, -0.25) is 0 Å². The Morgan fingerprint density at radius 1 is 1.08 bits per heavy atom. The number of H-pyrrole nitrogens is 1. The zero-order valence-electron chi connectivity index (χ0n) is 6.52. The maximum absolute atomic E-state index is 3.51. The largest absolute Gasteiger partial charge is 0.361 e. The molecule has 1 aromatic carbocycles. The molecule has 1 aromatic heterocycles. The second kappa shape index (κ2) is 3.41. The van der Waals surface area contributed by atoms with Gasteiger partial charge in [0, 0.05) is 17.1 Å². The van der Waals surface area contributed by atoms with Crippen LogP contribution in [0.1, 0.15) is 5.56 Å². The number of hydrogen-bond donors (Lipinski definition) is 1. The van der Waals surface area contributed by atoms with Crippen LogP contribution < -0.4 is 0 Å². The van der Waals surface area contributed by atoms with Gasteiger partial charge in [0.1, 0.15) is 0 Å². The van der Waals surface area contributed by atoms with Gasteiger partial charge in [0.05, 0.1) is 0 Å². The maximum atomic E-state index is 3.51. The Labute approximate surface area is 101 Å². The van der Waals surface area contributed by atoms with Crippen LogP contribution in [0.5, 0.6) is 0 Å². The molecule has 2 rings (SSSR count). The quantitative estimate of drug-likeness (QED) is 0.661. The molecule has 0 saturated heterocycles. The topological polar surface area (TPSA) is 15.8 Å². The van der Waals surface area contributed by atoms with Crippen molar-refractivity contribution < 1.29 is 0 Å². The van der Waals surface area contributed by atoms with Gasteiger partial charge in [-0.15, -0.1) is 0 Å². The van der Waals surface area contributed by atoms with Crippen LogP contribution in [0.3, 0.4) is 0 Å². The van der Waals surface area contributed by atoms with Crippen LogP contribution in [-0.2, 0) is 2.14 Å². The lowest BCUT2D eigenvalue weighted by Crippen LogP contribution is -1.97. The zero-order chi connectivity index (χ0) is 9.47. The van der Waals surface area contributed by atoms with E-state index in [9.17, 15) is 0 Å². The molecule has 0 aliphatic heterocycles. The van der Waals surface area contributed by atoms with E-state index in [0.717, 1.165) is 11.1 Å². The van der Waals surface area contributed by atoms with Gasteiger partial charge in [-0.1, -0.05) is 59.9 Å². The normalized spacial score (nSPS) is 12.2. The van der Waals surface area contributed by atoms with Crippen LogP contribution in [0, 0.1) is 0 Å². The molecule has 0 unspecified atom stereocenters. The molecule has 0 aliphatic rings. The van der Waals surface area contributed by atoms with Crippen LogP contribution in [0.2, 0.25) is 0 Å². The molecule has 1 nitrogen and oxygen atoms in total. The average molecular weight is 368 g/mol. The van der Waals surface area contributed by atoms with Crippen LogP contribution in [0.15, 0.2) is 30.5 Å². The molecule has 0 aliphatic carbocycles. The number of alkyl halides is 3. The van der Waals surface area contributed by atoms with E-state index >= 15 is 0 Å². The zero-order valence-corrected chi connectivity index (χ0v) is 11.3. The Hall–Kier alpha value is 0.200. The fourth-order valence-corrected chi connectivity index (χ4v) is 2.37. The average Bonchev–Trinajstić information content (AvgIpc) is 2.48. The molecule has 0 atom stereocenters. The Morgan fingerprint density at radius 2 is 1.85 bits per heavy atom. The molecular weight excluding hydrogens is 362 g/mol. The number of halogens is 3. The minimum absolute atomic E-state index is 0.339. The van der Waals surface area contributed by atoms with E-state index in [-0.39, 0.29) is 2.14 Å². The highest BCUT2D eigenvalue weighted by atomic mass is 80.0. The summed E-state index contributed by atoms with van der Waals surface area (Å²) >= 11 is 10.5. The highest BCUT2D eigenvalue weighted by molar-refractivity contribution is 9.38. The summed E-state index contributed by atoms with van der Waals surface area (Å²) < 4.78 is -0.339. The molecule has 1 heterocycles. The molecule has 0 radical (unpaired) electrons. The van der Waals surface area contributed by atoms with Crippen molar-refractivity contribution >= 4 is 58.7 Å². The lowest BCUT2D eigenvalue weighted by Gasteiger charge is -2.13. The first-order valence-corrected chi connectivity index (χ1v) is 6.10. The van der Waals surface area contributed by atoms with E-state index in [4.69, 9.17) is 0 Å². The molecule has 0 fully saturated rings. The Kier molecular flexibility index (Phi) is 2.55. The smallest absolute Gasteiger partial charge is 0.160 e. The Morgan fingerprint density at radius 3 is 2.54 bits per heavy atom. The first-order valence-electron chi connectivity index (χ1n) is 3.72. The van der Waals surface area contributed by atoms with Gasteiger partial charge in [0.15, 0.2) is 2.14 Å². The first kappa shape index (κ1) is 9.74. The molecule has 0 saturated carbocycles. The number of hydrogen-bond acceptors (Lipinski definition) is 0. The van der Waals surface area contributed by atoms with E-state index in [1.807, 2.05) is 12.3 Å². The molecule has 13 heavy (non-hydrogen) atoms. The van der Waals surface area contributed by atoms with Crippen LogP contribution in [-0.4, -0.2) is 4.98 Å². The number of aromatic amines is 1. The predicted octanol–water partition coefficient (Wildman–Crippen LogP) is 4.46. The number of rotatable bonds is 0. The minimum atomic E-state index is -0.339. The van der Waals surface area contributed by atoms with Crippen LogP contribution in [0.4, 0.5) is 0 Å². The molecule has 2 aromatic rings. The molecule has 4 heteroatoms. The van der Waals surface area contributed by atoms with Crippen molar-refractivity contribution in [3.05, 3.63) is 36.0 Å². The van der Waals surface area contributed by atoms with Crippen molar-refractivity contribution in [1.82, 2.24) is 4.98 Å². The van der Waals surface area contributed by atoms with Crippen molar-refractivity contribution in [2.24, 2.45) is 0 Å². The van der Waals surface area contributed by atoms with Gasteiger partial charge in [-0.2, -0.15) is 0 Å². The highest BCUT2D eigenvalue weighted by Crippen LogP contribution is 2.46. The SMILES string of the molecule is BrC(Br)(Br)c1cccc2[nH]ccc12. The van der Waals surface area contributed by atoms with E-state index < -0.39 is 0 Å². The Bertz CT molecular complexity index is 428. The second-order valence-electron chi connectivity index (χ2n) is 2.74. The number of nitrogens with one attached hydrogen (secondary N) is 1. The number of benzene rings is 1. The fourth-order valence-electron chi connectivity index (χ4n) is 1.33. The summed E-state index contributed by atoms with van der Waals surface area (Å²) in [4.78, 5) is 3.17. The van der Waals surface area contributed by atoms with Gasteiger partial charge in [-0.25, -0.2) is 0 Å². The van der Waals surface area contributed by atoms with Crippen molar-refractivity contribution in [3.63, 3.8) is 0 Å². The predicted molar refractivity (Wildman–Crippen MR) is 66.8 cm³/mol. The third kappa shape index (κ3) is 1.85. The lowest BCUT2D eigenvalue weighted by molar-refractivity contribution is 1.41. The van der Waals surface area contributed by atoms with E-state index in [1.54, 1.807) is 0 Å². The van der Waals surface area contributed by atoms with Gasteiger partial charge in [0.25, 0.3) is 0 Å².